The Hall–Kier alpha value is -0.0800. The van der Waals surface area contributed by atoms with E-state index in [1.807, 2.05) is 0 Å². The molecule has 1 rings (SSSR count). The van der Waals surface area contributed by atoms with E-state index >= 15 is 0 Å². The summed E-state index contributed by atoms with van der Waals surface area (Å²) in [5, 5.41) is 0. The standard InChI is InChI=1S/C6H12O.C4H11N.CH4/c1-5(2)3-6-4-7-6;1-4(2)3-5;/h5-6H,3-4H2,1-2H3;4H,3,5H2,1-2H3;1H4. The average Bonchev–Trinajstić information content (AvgIpc) is 2.72. The van der Waals surface area contributed by atoms with Crippen molar-refractivity contribution in [1.29, 1.82) is 0 Å². The Morgan fingerprint density at radius 1 is 1.23 bits per heavy atom. The maximum atomic E-state index is 5.17. The molecule has 1 heterocycles. The van der Waals surface area contributed by atoms with E-state index in [0.717, 1.165) is 19.1 Å². The van der Waals surface area contributed by atoms with Gasteiger partial charge in [-0.1, -0.05) is 35.1 Å². The Kier molecular flexibility index (Phi) is 10.1. The summed E-state index contributed by atoms with van der Waals surface area (Å²) in [6.45, 7) is 10.5. The highest BCUT2D eigenvalue weighted by molar-refractivity contribution is 4.69. The second kappa shape index (κ2) is 8.52. The van der Waals surface area contributed by atoms with Crippen molar-refractivity contribution in [2.24, 2.45) is 17.6 Å². The summed E-state index contributed by atoms with van der Waals surface area (Å²) >= 11 is 0. The van der Waals surface area contributed by atoms with Crippen LogP contribution < -0.4 is 5.73 Å². The lowest BCUT2D eigenvalue weighted by molar-refractivity contribution is 0.370. The smallest absolute Gasteiger partial charge is 0.0812 e. The first-order valence-corrected chi connectivity index (χ1v) is 4.88. The fourth-order valence-electron chi connectivity index (χ4n) is 0.730. The summed E-state index contributed by atoms with van der Waals surface area (Å²) in [6.07, 6.45) is 1.87. The van der Waals surface area contributed by atoms with E-state index in [9.17, 15) is 0 Å². The number of nitrogens with two attached hydrogens (primary N) is 1. The summed E-state index contributed by atoms with van der Waals surface area (Å²) in [4.78, 5) is 0. The van der Waals surface area contributed by atoms with Gasteiger partial charge in [-0.2, -0.15) is 0 Å². The van der Waals surface area contributed by atoms with Crippen LogP contribution in [0.2, 0.25) is 0 Å². The van der Waals surface area contributed by atoms with Gasteiger partial charge in [-0.25, -0.2) is 0 Å². The number of ether oxygens (including phenoxy) is 1. The van der Waals surface area contributed by atoms with Gasteiger partial charge in [-0.15, -0.1) is 0 Å². The van der Waals surface area contributed by atoms with Crippen LogP contribution in [-0.2, 0) is 4.74 Å². The highest BCUT2D eigenvalue weighted by Crippen LogP contribution is 2.17. The first-order chi connectivity index (χ1) is 5.56. The first-order valence-electron chi connectivity index (χ1n) is 4.88. The third-order valence-corrected chi connectivity index (χ3v) is 1.61. The Morgan fingerprint density at radius 3 is 1.69 bits per heavy atom. The maximum absolute atomic E-state index is 5.17. The van der Waals surface area contributed by atoms with Crippen LogP contribution in [0.3, 0.4) is 0 Å². The lowest BCUT2D eigenvalue weighted by Crippen LogP contribution is -2.05. The molecule has 0 aromatic carbocycles. The molecule has 1 aliphatic heterocycles. The molecule has 0 aromatic rings. The van der Waals surface area contributed by atoms with Gasteiger partial charge >= 0.3 is 0 Å². The van der Waals surface area contributed by atoms with Crippen molar-refractivity contribution in [3.05, 3.63) is 0 Å². The van der Waals surface area contributed by atoms with Crippen molar-refractivity contribution in [3.63, 3.8) is 0 Å². The summed E-state index contributed by atoms with van der Waals surface area (Å²) in [5.74, 6) is 1.47. The van der Waals surface area contributed by atoms with Gasteiger partial charge in [0.1, 0.15) is 0 Å². The molecule has 1 atom stereocenters. The maximum Gasteiger partial charge on any atom is 0.0812 e. The monoisotopic (exact) mass is 189 g/mol. The number of hydrogen-bond donors (Lipinski definition) is 1. The predicted molar refractivity (Wildman–Crippen MR) is 59.8 cm³/mol. The molecule has 1 saturated heterocycles. The minimum atomic E-state index is 0. The molecule has 1 unspecified atom stereocenters. The van der Waals surface area contributed by atoms with Crippen molar-refractivity contribution < 1.29 is 4.74 Å². The molecule has 2 nitrogen and oxygen atoms in total. The number of rotatable bonds is 3. The molecule has 2 N–H and O–H groups in total. The van der Waals surface area contributed by atoms with E-state index in [1.54, 1.807) is 0 Å². The third-order valence-electron chi connectivity index (χ3n) is 1.61. The summed E-state index contributed by atoms with van der Waals surface area (Å²) in [7, 11) is 0. The van der Waals surface area contributed by atoms with E-state index in [0.29, 0.717) is 12.0 Å². The van der Waals surface area contributed by atoms with Crippen LogP contribution in [0, 0.1) is 11.8 Å². The van der Waals surface area contributed by atoms with E-state index in [1.165, 1.54) is 6.42 Å². The minimum absolute atomic E-state index is 0. The number of hydrogen-bond acceptors (Lipinski definition) is 2. The molecule has 0 aliphatic carbocycles. The van der Waals surface area contributed by atoms with Crippen LogP contribution in [0.4, 0.5) is 0 Å². The van der Waals surface area contributed by atoms with Gasteiger partial charge in [0.25, 0.3) is 0 Å². The minimum Gasteiger partial charge on any atom is -0.373 e. The van der Waals surface area contributed by atoms with E-state index in [2.05, 4.69) is 27.7 Å². The molecule has 0 saturated carbocycles. The fraction of sp³-hybridized carbons (Fsp3) is 1.00. The number of epoxide rings is 1. The molecular weight excluding hydrogens is 162 g/mol. The molecule has 0 aromatic heterocycles. The highest BCUT2D eigenvalue weighted by Gasteiger charge is 2.22. The second-order valence-electron chi connectivity index (χ2n) is 4.21. The van der Waals surface area contributed by atoms with Gasteiger partial charge in [0.2, 0.25) is 0 Å². The fourth-order valence-corrected chi connectivity index (χ4v) is 0.730. The Balaban J connectivity index is 0. The van der Waals surface area contributed by atoms with Gasteiger partial charge in [0.05, 0.1) is 12.7 Å². The Morgan fingerprint density at radius 2 is 1.62 bits per heavy atom. The van der Waals surface area contributed by atoms with Crippen LogP contribution >= 0.6 is 0 Å². The highest BCUT2D eigenvalue weighted by atomic mass is 16.6. The van der Waals surface area contributed by atoms with Gasteiger partial charge in [0.15, 0.2) is 0 Å². The zero-order valence-electron chi connectivity index (χ0n) is 8.84. The summed E-state index contributed by atoms with van der Waals surface area (Å²) < 4.78 is 5.02. The average molecular weight is 189 g/mol. The summed E-state index contributed by atoms with van der Waals surface area (Å²) in [6, 6.07) is 0. The van der Waals surface area contributed by atoms with Gasteiger partial charge in [-0.3, -0.25) is 0 Å². The zero-order valence-corrected chi connectivity index (χ0v) is 8.84. The molecule has 0 spiro atoms. The van der Waals surface area contributed by atoms with Crippen LogP contribution in [0.25, 0.3) is 0 Å². The van der Waals surface area contributed by atoms with E-state index in [4.69, 9.17) is 10.5 Å². The Labute approximate surface area is 83.8 Å². The molecule has 0 amide bonds. The SMILES string of the molecule is C.CC(C)CC1CO1.CC(C)CN. The zero-order chi connectivity index (χ0) is 9.56. The van der Waals surface area contributed by atoms with Crippen molar-refractivity contribution >= 4 is 0 Å². The van der Waals surface area contributed by atoms with Gasteiger partial charge in [0, 0.05) is 0 Å². The van der Waals surface area contributed by atoms with Crippen molar-refractivity contribution in [1.82, 2.24) is 0 Å². The van der Waals surface area contributed by atoms with Crippen LogP contribution in [0.15, 0.2) is 0 Å². The first kappa shape index (κ1) is 15.4. The molecule has 1 fully saturated rings. The van der Waals surface area contributed by atoms with Crippen LogP contribution in [0.1, 0.15) is 41.5 Å². The molecule has 0 radical (unpaired) electrons. The predicted octanol–water partition coefficient (Wildman–Crippen LogP) is 2.67. The van der Waals surface area contributed by atoms with Gasteiger partial charge in [-0.05, 0) is 24.8 Å². The normalized spacial score (nSPS) is 19.2. The van der Waals surface area contributed by atoms with Crippen LogP contribution in [-0.4, -0.2) is 19.3 Å². The lowest BCUT2D eigenvalue weighted by Gasteiger charge is -1.95. The molecule has 13 heavy (non-hydrogen) atoms. The molecule has 82 valence electrons. The molecule has 2 heteroatoms. The largest absolute Gasteiger partial charge is 0.373 e. The quantitative estimate of drug-likeness (QED) is 0.693. The third kappa shape index (κ3) is 14.7. The lowest BCUT2D eigenvalue weighted by atomic mass is 10.1. The topological polar surface area (TPSA) is 38.5 Å². The van der Waals surface area contributed by atoms with Gasteiger partial charge < -0.3 is 10.5 Å². The van der Waals surface area contributed by atoms with Crippen LogP contribution in [0.5, 0.6) is 0 Å². The van der Waals surface area contributed by atoms with E-state index < -0.39 is 0 Å². The Bertz CT molecular complexity index is 98.3. The van der Waals surface area contributed by atoms with Crippen molar-refractivity contribution in [2.75, 3.05) is 13.2 Å². The van der Waals surface area contributed by atoms with E-state index in [-0.39, 0.29) is 7.43 Å². The summed E-state index contributed by atoms with van der Waals surface area (Å²) in [5.41, 5.74) is 5.17. The van der Waals surface area contributed by atoms with Crippen molar-refractivity contribution in [2.45, 2.75) is 47.6 Å². The second-order valence-corrected chi connectivity index (χ2v) is 4.21. The van der Waals surface area contributed by atoms with Crippen molar-refractivity contribution in [3.8, 4) is 0 Å². The molecule has 1 aliphatic rings. The molecular formula is C11H27NO. The molecule has 0 bridgehead atoms.